The quantitative estimate of drug-likeness (QED) is 0.0920. The summed E-state index contributed by atoms with van der Waals surface area (Å²) in [6.45, 7) is 17.3. The predicted octanol–water partition coefficient (Wildman–Crippen LogP) is 9.29. The van der Waals surface area contributed by atoms with Crippen molar-refractivity contribution in [3.05, 3.63) is 71.5 Å². The molecule has 0 fully saturated rings. The molecule has 0 unspecified atom stereocenters. The number of quaternary nitrogens is 1. The number of hydrogen-bond acceptors (Lipinski definition) is 1. The summed E-state index contributed by atoms with van der Waals surface area (Å²) in [6, 6.07) is 11.5. The number of pyridine rings is 1. The number of anilines is 1. The summed E-state index contributed by atoms with van der Waals surface area (Å²) in [5.74, 6) is -0.418. The first-order valence-corrected chi connectivity index (χ1v) is 15.7. The predicted molar refractivity (Wildman–Crippen MR) is 168 cm³/mol. The third-order valence-electron chi connectivity index (χ3n) is 8.73. The van der Waals surface area contributed by atoms with Crippen LogP contribution < -0.4 is 9.47 Å². The van der Waals surface area contributed by atoms with Crippen molar-refractivity contribution in [1.82, 2.24) is 0 Å². The minimum Gasteiger partial charge on any atom is -0.371 e. The monoisotopic (exact) mass is 587 g/mol. The molecule has 0 N–H and O–H groups in total. The van der Waals surface area contributed by atoms with E-state index in [1.165, 1.54) is 12.1 Å². The molecule has 0 atom stereocenters. The molecule has 0 saturated carbocycles. The molecule has 0 aliphatic heterocycles. The van der Waals surface area contributed by atoms with Crippen LogP contribution in [0.4, 0.5) is 23.2 Å². The van der Waals surface area contributed by atoms with E-state index in [0.29, 0.717) is 29.6 Å². The number of aryl methyl sites for hydroxylation is 1. The second-order valence-corrected chi connectivity index (χ2v) is 11.3. The SMILES string of the molecule is CCCCN(CCCC)c1ccc2cc(/C=C(\F)c3cc[n+](CCC[N+](CC)(CC)CC)cc3)ccc2c1C(F)(F)F. The lowest BCUT2D eigenvalue weighted by molar-refractivity contribution is -0.925. The van der Waals surface area contributed by atoms with Gasteiger partial charge in [-0.3, -0.25) is 0 Å². The lowest BCUT2D eigenvalue weighted by Crippen LogP contribution is -2.49. The number of rotatable bonds is 16. The van der Waals surface area contributed by atoms with E-state index in [0.717, 1.165) is 69.3 Å². The topological polar surface area (TPSA) is 7.12 Å². The van der Waals surface area contributed by atoms with Crippen molar-refractivity contribution in [1.29, 1.82) is 0 Å². The summed E-state index contributed by atoms with van der Waals surface area (Å²) < 4.78 is 61.7. The summed E-state index contributed by atoms with van der Waals surface area (Å²) >= 11 is 0. The first-order chi connectivity index (χ1) is 20.1. The summed E-state index contributed by atoms with van der Waals surface area (Å²) in [7, 11) is 0. The van der Waals surface area contributed by atoms with E-state index in [1.54, 1.807) is 36.4 Å². The highest BCUT2D eigenvalue weighted by Crippen LogP contribution is 2.42. The van der Waals surface area contributed by atoms with Crippen molar-refractivity contribution in [2.45, 2.75) is 79.4 Å². The van der Waals surface area contributed by atoms with E-state index in [4.69, 9.17) is 0 Å². The van der Waals surface area contributed by atoms with Crippen LogP contribution in [-0.2, 0) is 12.7 Å². The molecule has 3 nitrogen and oxygen atoms in total. The van der Waals surface area contributed by atoms with E-state index in [-0.39, 0.29) is 11.1 Å². The van der Waals surface area contributed by atoms with Crippen molar-refractivity contribution in [3.63, 3.8) is 0 Å². The van der Waals surface area contributed by atoms with Crippen LogP contribution in [0, 0.1) is 0 Å². The number of unbranched alkanes of at least 4 members (excludes halogenated alkanes) is 2. The maximum atomic E-state index is 15.2. The normalized spacial score (nSPS) is 12.7. The second-order valence-electron chi connectivity index (χ2n) is 11.3. The van der Waals surface area contributed by atoms with Gasteiger partial charge in [0.05, 0.1) is 38.2 Å². The Hall–Kier alpha value is -2.93. The minimum atomic E-state index is -4.50. The molecule has 230 valence electrons. The Bertz CT molecular complexity index is 1280. The van der Waals surface area contributed by atoms with Crippen LogP contribution in [0.25, 0.3) is 22.7 Å². The van der Waals surface area contributed by atoms with Gasteiger partial charge in [0, 0.05) is 36.5 Å². The molecule has 0 aliphatic rings. The maximum absolute atomic E-state index is 15.2. The number of fused-ring (bicyclic) bond motifs is 1. The molecular weight excluding hydrogens is 538 g/mol. The number of benzene rings is 2. The van der Waals surface area contributed by atoms with Gasteiger partial charge in [-0.05, 0) is 68.2 Å². The Kier molecular flexibility index (Phi) is 12.4. The Morgan fingerprint density at radius 1 is 0.833 bits per heavy atom. The standard InChI is InChI=1S/C35H49F4N3/c1-6-11-21-41(22-12-7-2)33-17-15-30-26-28(14-16-31(30)34(33)35(37,38)39)27-32(36)29-18-23-40(24-19-29)20-13-25-42(8-3,9-4)10-5/h14-19,23-24,26-27H,6-13,20-22,25H2,1-5H3/q+2. The molecule has 42 heavy (non-hydrogen) atoms. The molecule has 0 bridgehead atoms. The average molecular weight is 588 g/mol. The third kappa shape index (κ3) is 8.56. The van der Waals surface area contributed by atoms with E-state index < -0.39 is 17.6 Å². The Morgan fingerprint density at radius 3 is 2.00 bits per heavy atom. The smallest absolute Gasteiger partial charge is 0.371 e. The average Bonchev–Trinajstić information content (AvgIpc) is 2.99. The summed E-state index contributed by atoms with van der Waals surface area (Å²) in [5, 5.41) is 0.596. The van der Waals surface area contributed by atoms with Crippen molar-refractivity contribution in [2.24, 2.45) is 0 Å². The van der Waals surface area contributed by atoms with Gasteiger partial charge in [-0.15, -0.1) is 0 Å². The lowest BCUT2D eigenvalue weighted by Gasteiger charge is -2.35. The van der Waals surface area contributed by atoms with E-state index >= 15 is 4.39 Å². The fraction of sp³-hybridized carbons (Fsp3) is 0.514. The second kappa shape index (κ2) is 15.5. The molecule has 3 rings (SSSR count). The highest BCUT2D eigenvalue weighted by molar-refractivity contribution is 5.93. The van der Waals surface area contributed by atoms with Crippen LogP contribution in [0.3, 0.4) is 0 Å². The van der Waals surface area contributed by atoms with Gasteiger partial charge in [-0.25, -0.2) is 8.96 Å². The highest BCUT2D eigenvalue weighted by Gasteiger charge is 2.37. The van der Waals surface area contributed by atoms with Gasteiger partial charge in [0.1, 0.15) is 5.83 Å². The van der Waals surface area contributed by atoms with Crippen LogP contribution in [0.2, 0.25) is 0 Å². The molecule has 0 radical (unpaired) electrons. The molecule has 2 aromatic carbocycles. The summed E-state index contributed by atoms with van der Waals surface area (Å²) in [4.78, 5) is 1.87. The number of aromatic nitrogens is 1. The molecule has 1 aromatic heterocycles. The first kappa shape index (κ1) is 33.6. The number of hydrogen-bond donors (Lipinski definition) is 0. The Labute approximate surface area is 250 Å². The fourth-order valence-corrected chi connectivity index (χ4v) is 5.77. The Morgan fingerprint density at radius 2 is 1.45 bits per heavy atom. The van der Waals surface area contributed by atoms with Crippen LogP contribution >= 0.6 is 0 Å². The minimum absolute atomic E-state index is 0.146. The molecule has 0 aliphatic carbocycles. The first-order valence-electron chi connectivity index (χ1n) is 15.7. The van der Waals surface area contributed by atoms with E-state index in [9.17, 15) is 13.2 Å². The van der Waals surface area contributed by atoms with Crippen LogP contribution in [0.5, 0.6) is 0 Å². The highest BCUT2D eigenvalue weighted by atomic mass is 19.4. The zero-order chi connectivity index (χ0) is 30.8. The summed E-state index contributed by atoms with van der Waals surface area (Å²) in [6.07, 6.45) is 5.21. The largest absolute Gasteiger partial charge is 0.418 e. The van der Waals surface area contributed by atoms with Crippen molar-refractivity contribution < 1.29 is 26.6 Å². The van der Waals surface area contributed by atoms with Crippen LogP contribution in [0.15, 0.2) is 54.9 Å². The summed E-state index contributed by atoms with van der Waals surface area (Å²) in [5.41, 5.74) is 0.594. The zero-order valence-electron chi connectivity index (χ0n) is 26.1. The molecule has 0 saturated heterocycles. The number of nitrogens with zero attached hydrogens (tertiary/aromatic N) is 3. The molecule has 1 heterocycles. The van der Waals surface area contributed by atoms with Crippen molar-refractivity contribution >= 4 is 28.4 Å². The van der Waals surface area contributed by atoms with Gasteiger partial charge in [0.15, 0.2) is 18.9 Å². The van der Waals surface area contributed by atoms with Crippen molar-refractivity contribution in [2.75, 3.05) is 44.2 Å². The van der Waals surface area contributed by atoms with Crippen LogP contribution in [0.1, 0.15) is 83.4 Å². The number of halogens is 4. The van der Waals surface area contributed by atoms with Crippen LogP contribution in [-0.4, -0.2) is 43.8 Å². The van der Waals surface area contributed by atoms with Gasteiger partial charge < -0.3 is 9.38 Å². The third-order valence-corrected chi connectivity index (χ3v) is 8.73. The molecule has 0 amide bonds. The van der Waals surface area contributed by atoms with E-state index in [1.807, 2.05) is 31.1 Å². The zero-order valence-corrected chi connectivity index (χ0v) is 26.1. The van der Waals surface area contributed by atoms with E-state index in [2.05, 4.69) is 25.3 Å². The van der Waals surface area contributed by atoms with Gasteiger partial charge in [0.2, 0.25) is 0 Å². The lowest BCUT2D eigenvalue weighted by atomic mass is 9.98. The molecule has 0 spiro atoms. The van der Waals surface area contributed by atoms with Gasteiger partial charge in [-0.2, -0.15) is 13.2 Å². The molecule has 7 heteroatoms. The van der Waals surface area contributed by atoms with Gasteiger partial charge >= 0.3 is 6.18 Å². The number of alkyl halides is 3. The van der Waals surface area contributed by atoms with Crippen molar-refractivity contribution in [3.8, 4) is 0 Å². The van der Waals surface area contributed by atoms with Gasteiger partial charge in [-0.1, -0.05) is 44.9 Å². The molecule has 3 aromatic rings. The van der Waals surface area contributed by atoms with Gasteiger partial charge in [0.25, 0.3) is 0 Å². The molecular formula is C35H49F4N3+2. The fourth-order valence-electron chi connectivity index (χ4n) is 5.77. The Balaban J connectivity index is 1.84. The maximum Gasteiger partial charge on any atom is 0.418 e.